The summed E-state index contributed by atoms with van der Waals surface area (Å²) in [6.45, 7) is 1.05. The molecule has 0 amide bonds. The lowest BCUT2D eigenvalue weighted by atomic mass is 9.94. The third kappa shape index (κ3) is 3.71. The van der Waals surface area contributed by atoms with Crippen LogP contribution in [0.15, 0.2) is 53.5 Å². The maximum absolute atomic E-state index is 11.8. The number of nitro groups is 1. The third-order valence-corrected chi connectivity index (χ3v) is 4.68. The molecule has 2 unspecified atom stereocenters. The van der Waals surface area contributed by atoms with Gasteiger partial charge in [0, 0.05) is 31.3 Å². The van der Waals surface area contributed by atoms with Crippen molar-refractivity contribution in [2.45, 2.75) is 37.8 Å². The van der Waals surface area contributed by atoms with E-state index in [1.54, 1.807) is 0 Å². The van der Waals surface area contributed by atoms with Gasteiger partial charge in [0.05, 0.1) is 11.1 Å². The maximum Gasteiger partial charge on any atom is 0.285 e. The molecule has 2 atom stereocenters. The molecule has 3 rings (SSSR count). The molecule has 6 heteroatoms. The third-order valence-electron chi connectivity index (χ3n) is 4.68. The number of nitrogens with one attached hydrogen (secondary N) is 1. The van der Waals surface area contributed by atoms with E-state index in [2.05, 4.69) is 29.6 Å². The van der Waals surface area contributed by atoms with E-state index < -0.39 is 4.92 Å². The summed E-state index contributed by atoms with van der Waals surface area (Å²) in [5.74, 6) is 0.494. The van der Waals surface area contributed by atoms with Gasteiger partial charge >= 0.3 is 0 Å². The normalized spacial score (nSPS) is 20.2. The molecular weight excluding hydrogens is 306 g/mol. The lowest BCUT2D eigenvalue weighted by molar-refractivity contribution is -0.385. The maximum atomic E-state index is 11.8. The molecule has 6 nitrogen and oxygen atoms in total. The van der Waals surface area contributed by atoms with Crippen molar-refractivity contribution in [3.05, 3.63) is 74.7 Å². The molecule has 1 fully saturated rings. The Kier molecular flexibility index (Phi) is 5.05. The molecule has 24 heavy (non-hydrogen) atoms. The molecule has 0 bridgehead atoms. The summed E-state index contributed by atoms with van der Waals surface area (Å²) in [5.41, 5.74) is 1.08. The molecule has 1 aliphatic carbocycles. The van der Waals surface area contributed by atoms with Gasteiger partial charge in [-0.25, -0.2) is 0 Å². The van der Waals surface area contributed by atoms with Crippen LogP contribution >= 0.6 is 0 Å². The highest BCUT2D eigenvalue weighted by atomic mass is 16.6. The van der Waals surface area contributed by atoms with Gasteiger partial charge < -0.3 is 9.88 Å². The van der Waals surface area contributed by atoms with Gasteiger partial charge in [-0.2, -0.15) is 0 Å². The van der Waals surface area contributed by atoms with Crippen LogP contribution in [0.1, 0.15) is 30.7 Å². The van der Waals surface area contributed by atoms with Crippen LogP contribution in [0.5, 0.6) is 0 Å². The van der Waals surface area contributed by atoms with Gasteiger partial charge in [-0.15, -0.1) is 0 Å². The van der Waals surface area contributed by atoms with Gasteiger partial charge in [-0.1, -0.05) is 36.8 Å². The monoisotopic (exact) mass is 327 g/mol. The lowest BCUT2D eigenvalue weighted by Crippen LogP contribution is -2.35. The fourth-order valence-corrected chi connectivity index (χ4v) is 3.48. The molecule has 0 aliphatic heterocycles. The summed E-state index contributed by atoms with van der Waals surface area (Å²) in [6.07, 6.45) is 4.78. The van der Waals surface area contributed by atoms with E-state index in [1.165, 1.54) is 41.3 Å². The molecular formula is C18H21N3O3. The second kappa shape index (κ2) is 7.40. The molecule has 1 aliphatic rings. The fraction of sp³-hybridized carbons (Fsp3) is 0.389. The van der Waals surface area contributed by atoms with Crippen LogP contribution in [0.4, 0.5) is 5.69 Å². The van der Waals surface area contributed by atoms with Crippen LogP contribution in [-0.2, 0) is 6.54 Å². The molecule has 0 spiro atoms. The zero-order valence-electron chi connectivity index (χ0n) is 13.4. The van der Waals surface area contributed by atoms with Crippen molar-refractivity contribution in [2.24, 2.45) is 0 Å². The van der Waals surface area contributed by atoms with Crippen molar-refractivity contribution in [3.8, 4) is 0 Å². The van der Waals surface area contributed by atoms with E-state index in [-0.39, 0.29) is 11.2 Å². The van der Waals surface area contributed by atoms with Gasteiger partial charge in [0.1, 0.15) is 0 Å². The summed E-state index contributed by atoms with van der Waals surface area (Å²) in [6, 6.07) is 13.4. The Morgan fingerprint density at radius 1 is 1.17 bits per heavy atom. The van der Waals surface area contributed by atoms with Crippen LogP contribution in [0.3, 0.4) is 0 Å². The largest absolute Gasteiger partial charge is 0.312 e. The Labute approximate surface area is 140 Å². The topological polar surface area (TPSA) is 77.2 Å². The van der Waals surface area contributed by atoms with Crippen LogP contribution in [0.25, 0.3) is 0 Å². The number of rotatable bonds is 6. The van der Waals surface area contributed by atoms with E-state index >= 15 is 0 Å². The Morgan fingerprint density at radius 2 is 1.96 bits per heavy atom. The number of aromatic nitrogens is 1. The van der Waals surface area contributed by atoms with E-state index in [1.807, 2.05) is 6.07 Å². The Morgan fingerprint density at radius 3 is 2.71 bits per heavy atom. The standard InChI is InChI=1S/C18H21N3O3/c22-18-10-9-15(21(23)24)13-20(18)12-11-19-17-8-4-7-16(17)14-5-2-1-3-6-14/h1-3,5-6,9-10,13,16-17,19H,4,7-8,11-12H2. The van der Waals surface area contributed by atoms with Crippen molar-refractivity contribution in [1.82, 2.24) is 9.88 Å². The summed E-state index contributed by atoms with van der Waals surface area (Å²) in [7, 11) is 0. The molecule has 0 saturated heterocycles. The first-order valence-corrected chi connectivity index (χ1v) is 8.28. The average molecular weight is 327 g/mol. The van der Waals surface area contributed by atoms with Crippen molar-refractivity contribution < 1.29 is 4.92 Å². The minimum absolute atomic E-state index is 0.0578. The van der Waals surface area contributed by atoms with Crippen LogP contribution in [0.2, 0.25) is 0 Å². The van der Waals surface area contributed by atoms with Crippen molar-refractivity contribution >= 4 is 5.69 Å². The van der Waals surface area contributed by atoms with E-state index in [0.717, 1.165) is 6.42 Å². The lowest BCUT2D eigenvalue weighted by Gasteiger charge is -2.21. The predicted octanol–water partition coefficient (Wildman–Crippen LogP) is 2.68. The van der Waals surface area contributed by atoms with Crippen molar-refractivity contribution in [2.75, 3.05) is 6.54 Å². The van der Waals surface area contributed by atoms with Gasteiger partial charge in [0.2, 0.25) is 0 Å². The van der Waals surface area contributed by atoms with E-state index in [0.29, 0.717) is 25.0 Å². The molecule has 1 N–H and O–H groups in total. The first kappa shape index (κ1) is 16.4. The molecule has 1 saturated carbocycles. The molecule has 1 heterocycles. The second-order valence-corrected chi connectivity index (χ2v) is 6.18. The number of nitrogens with zero attached hydrogens (tertiary/aromatic N) is 2. The highest BCUT2D eigenvalue weighted by Crippen LogP contribution is 2.34. The number of benzene rings is 1. The van der Waals surface area contributed by atoms with Gasteiger partial charge in [0.25, 0.3) is 11.2 Å². The van der Waals surface area contributed by atoms with Crippen LogP contribution in [0, 0.1) is 10.1 Å². The summed E-state index contributed by atoms with van der Waals surface area (Å²) in [4.78, 5) is 22.2. The first-order valence-electron chi connectivity index (χ1n) is 8.28. The SMILES string of the molecule is O=c1ccc([N+](=O)[O-])cn1CCNC1CCCC1c1ccccc1. The molecule has 0 radical (unpaired) electrons. The minimum Gasteiger partial charge on any atom is -0.312 e. The highest BCUT2D eigenvalue weighted by Gasteiger charge is 2.27. The van der Waals surface area contributed by atoms with Crippen molar-refractivity contribution in [1.29, 1.82) is 0 Å². The average Bonchev–Trinajstić information content (AvgIpc) is 3.05. The van der Waals surface area contributed by atoms with Crippen LogP contribution < -0.4 is 10.9 Å². The Balaban J connectivity index is 1.61. The summed E-state index contributed by atoms with van der Waals surface area (Å²) in [5, 5.41) is 14.3. The molecule has 1 aromatic heterocycles. The molecule has 1 aromatic carbocycles. The zero-order chi connectivity index (χ0) is 16.9. The number of hydrogen-bond donors (Lipinski definition) is 1. The van der Waals surface area contributed by atoms with Gasteiger partial charge in [-0.05, 0) is 24.3 Å². The van der Waals surface area contributed by atoms with Gasteiger partial charge in [-0.3, -0.25) is 14.9 Å². The Hall–Kier alpha value is -2.47. The zero-order valence-corrected chi connectivity index (χ0v) is 13.4. The first-order chi connectivity index (χ1) is 11.6. The van der Waals surface area contributed by atoms with E-state index in [4.69, 9.17) is 0 Å². The fourth-order valence-electron chi connectivity index (χ4n) is 3.48. The summed E-state index contributed by atoms with van der Waals surface area (Å²) < 4.78 is 1.40. The quantitative estimate of drug-likeness (QED) is 0.653. The highest BCUT2D eigenvalue weighted by molar-refractivity contribution is 5.25. The molecule has 2 aromatic rings. The second-order valence-electron chi connectivity index (χ2n) is 6.18. The number of pyridine rings is 1. The molecule has 126 valence electrons. The van der Waals surface area contributed by atoms with E-state index in [9.17, 15) is 14.9 Å². The smallest absolute Gasteiger partial charge is 0.285 e. The van der Waals surface area contributed by atoms with Gasteiger partial charge in [0.15, 0.2) is 0 Å². The Bertz CT molecular complexity index is 758. The summed E-state index contributed by atoms with van der Waals surface area (Å²) >= 11 is 0. The van der Waals surface area contributed by atoms with Crippen LogP contribution in [-0.4, -0.2) is 22.1 Å². The predicted molar refractivity (Wildman–Crippen MR) is 92.2 cm³/mol. The minimum atomic E-state index is -0.480. The van der Waals surface area contributed by atoms with Crippen molar-refractivity contribution in [3.63, 3.8) is 0 Å². The number of hydrogen-bond acceptors (Lipinski definition) is 4.